The van der Waals surface area contributed by atoms with Crippen LogP contribution in [0.25, 0.3) is 0 Å². The molecule has 90 valence electrons. The number of nitrogens with zero attached hydrogens (tertiary/aromatic N) is 1. The first-order valence-corrected chi connectivity index (χ1v) is 5.37. The number of benzene rings is 1. The van der Waals surface area contributed by atoms with E-state index < -0.39 is 0 Å². The van der Waals surface area contributed by atoms with E-state index in [9.17, 15) is 9.18 Å². The van der Waals surface area contributed by atoms with Gasteiger partial charge in [-0.05, 0) is 36.8 Å². The lowest BCUT2D eigenvalue weighted by Crippen LogP contribution is -2.29. The van der Waals surface area contributed by atoms with Crippen LogP contribution in [0.2, 0.25) is 0 Å². The Kier molecular flexibility index (Phi) is 5.07. The van der Waals surface area contributed by atoms with Gasteiger partial charge in [0.05, 0.1) is 0 Å². The van der Waals surface area contributed by atoms with Gasteiger partial charge in [0.15, 0.2) is 0 Å². The zero-order chi connectivity index (χ0) is 12.7. The fourth-order valence-corrected chi connectivity index (χ4v) is 1.19. The van der Waals surface area contributed by atoms with Crippen LogP contribution in [0.5, 0.6) is 0 Å². The number of aliphatic imine (C=N–C) groups is 1. The number of halogens is 1. The highest BCUT2D eigenvalue weighted by Crippen LogP contribution is 2.02. The molecule has 1 N–H and O–H groups in total. The second-order valence-corrected chi connectivity index (χ2v) is 3.38. The van der Waals surface area contributed by atoms with Gasteiger partial charge in [-0.25, -0.2) is 4.39 Å². The number of carbonyl (C=O) groups is 1. The Morgan fingerprint density at radius 3 is 2.59 bits per heavy atom. The van der Waals surface area contributed by atoms with E-state index in [0.717, 1.165) is 6.42 Å². The average molecular weight is 234 g/mol. The third kappa shape index (κ3) is 4.18. The van der Waals surface area contributed by atoms with Gasteiger partial charge in [0, 0.05) is 12.6 Å². The first kappa shape index (κ1) is 13.1. The predicted molar refractivity (Wildman–Crippen MR) is 66.7 cm³/mol. The minimum absolute atomic E-state index is 0.300. The average Bonchev–Trinajstić information content (AvgIpc) is 2.35. The van der Waals surface area contributed by atoms with Crippen LogP contribution in [0.1, 0.15) is 23.7 Å². The van der Waals surface area contributed by atoms with Crippen molar-refractivity contribution < 1.29 is 9.18 Å². The van der Waals surface area contributed by atoms with E-state index in [2.05, 4.69) is 10.3 Å². The summed E-state index contributed by atoms with van der Waals surface area (Å²) in [6, 6.07) is 5.36. The standard InChI is InChI=1S/C13H15FN2O/c1-3-4-5-12(15-2)16-13(17)10-6-8-11(14)9-7-10/h4-9H,3H2,1-2H3,(H,15,16,17)/b5-4-. The Balaban J connectivity index is 2.71. The summed E-state index contributed by atoms with van der Waals surface area (Å²) in [4.78, 5) is 15.7. The minimum Gasteiger partial charge on any atom is -0.307 e. The van der Waals surface area contributed by atoms with Gasteiger partial charge in [0.1, 0.15) is 11.7 Å². The zero-order valence-corrected chi connectivity index (χ0v) is 9.90. The molecule has 3 nitrogen and oxygen atoms in total. The maximum Gasteiger partial charge on any atom is 0.256 e. The topological polar surface area (TPSA) is 41.5 Å². The summed E-state index contributed by atoms with van der Waals surface area (Å²) in [5.74, 6) is -0.177. The number of allylic oxidation sites excluding steroid dienone is 1. The molecule has 0 spiro atoms. The van der Waals surface area contributed by atoms with Crippen molar-refractivity contribution in [1.29, 1.82) is 0 Å². The van der Waals surface area contributed by atoms with Crippen LogP contribution in [0.3, 0.4) is 0 Å². The van der Waals surface area contributed by atoms with Crippen molar-refractivity contribution in [2.75, 3.05) is 7.05 Å². The normalized spacial score (nSPS) is 11.8. The minimum atomic E-state index is -0.364. The zero-order valence-electron chi connectivity index (χ0n) is 9.90. The van der Waals surface area contributed by atoms with Crippen LogP contribution in [-0.4, -0.2) is 18.8 Å². The van der Waals surface area contributed by atoms with Crippen LogP contribution >= 0.6 is 0 Å². The first-order chi connectivity index (χ1) is 8.17. The molecule has 1 aromatic carbocycles. The van der Waals surface area contributed by atoms with Crippen molar-refractivity contribution in [2.24, 2.45) is 4.99 Å². The molecule has 0 atom stereocenters. The molecule has 0 fully saturated rings. The fourth-order valence-electron chi connectivity index (χ4n) is 1.19. The van der Waals surface area contributed by atoms with Gasteiger partial charge in [-0.1, -0.05) is 13.0 Å². The molecule has 0 aliphatic rings. The number of nitrogens with one attached hydrogen (secondary N) is 1. The molecule has 1 aromatic rings. The molecular formula is C13H15FN2O. The van der Waals surface area contributed by atoms with Gasteiger partial charge in [-0.15, -0.1) is 0 Å². The molecule has 1 amide bonds. The number of hydrogen-bond acceptors (Lipinski definition) is 2. The lowest BCUT2D eigenvalue weighted by atomic mass is 10.2. The largest absolute Gasteiger partial charge is 0.307 e. The van der Waals surface area contributed by atoms with Gasteiger partial charge < -0.3 is 5.32 Å². The molecule has 17 heavy (non-hydrogen) atoms. The maximum atomic E-state index is 12.7. The highest BCUT2D eigenvalue weighted by atomic mass is 19.1. The summed E-state index contributed by atoms with van der Waals surface area (Å²) < 4.78 is 12.7. The Labute approximate surface area is 100 Å². The van der Waals surface area contributed by atoms with Gasteiger partial charge in [0.2, 0.25) is 0 Å². The predicted octanol–water partition coefficient (Wildman–Crippen LogP) is 2.55. The molecule has 0 aliphatic carbocycles. The van der Waals surface area contributed by atoms with E-state index in [1.54, 1.807) is 13.1 Å². The van der Waals surface area contributed by atoms with Crippen molar-refractivity contribution in [3.63, 3.8) is 0 Å². The summed E-state index contributed by atoms with van der Waals surface area (Å²) in [6.45, 7) is 1.99. The van der Waals surface area contributed by atoms with Crippen molar-refractivity contribution in [3.8, 4) is 0 Å². The van der Waals surface area contributed by atoms with Gasteiger partial charge in [0.25, 0.3) is 5.91 Å². The van der Waals surface area contributed by atoms with Crippen LogP contribution < -0.4 is 5.32 Å². The maximum absolute atomic E-state index is 12.7. The molecule has 4 heteroatoms. The number of amidine groups is 1. The summed E-state index contributed by atoms with van der Waals surface area (Å²) in [5.41, 5.74) is 0.400. The second kappa shape index (κ2) is 6.58. The van der Waals surface area contributed by atoms with E-state index in [1.807, 2.05) is 13.0 Å². The highest BCUT2D eigenvalue weighted by molar-refractivity contribution is 6.10. The molecule has 0 aliphatic heterocycles. The Bertz CT molecular complexity index is 435. The molecular weight excluding hydrogens is 219 g/mol. The van der Waals surface area contributed by atoms with Crippen molar-refractivity contribution >= 4 is 11.7 Å². The van der Waals surface area contributed by atoms with Crippen molar-refractivity contribution in [3.05, 3.63) is 47.8 Å². The van der Waals surface area contributed by atoms with Crippen LogP contribution in [-0.2, 0) is 0 Å². The molecule has 0 saturated heterocycles. The summed E-state index contributed by atoms with van der Waals surface area (Å²) in [5, 5.41) is 2.64. The van der Waals surface area contributed by atoms with Crippen LogP contribution in [0.15, 0.2) is 41.4 Å². The lowest BCUT2D eigenvalue weighted by Gasteiger charge is -2.04. The van der Waals surface area contributed by atoms with Crippen LogP contribution in [0, 0.1) is 5.82 Å². The van der Waals surface area contributed by atoms with E-state index in [4.69, 9.17) is 0 Å². The van der Waals surface area contributed by atoms with Gasteiger partial charge in [-0.2, -0.15) is 0 Å². The summed E-state index contributed by atoms with van der Waals surface area (Å²) >= 11 is 0. The quantitative estimate of drug-likeness (QED) is 0.633. The molecule has 0 bridgehead atoms. The Morgan fingerprint density at radius 2 is 2.06 bits per heavy atom. The Hall–Kier alpha value is -1.97. The van der Waals surface area contributed by atoms with Gasteiger partial charge in [-0.3, -0.25) is 9.79 Å². The van der Waals surface area contributed by atoms with E-state index in [-0.39, 0.29) is 11.7 Å². The van der Waals surface area contributed by atoms with Crippen molar-refractivity contribution in [2.45, 2.75) is 13.3 Å². The fraction of sp³-hybridized carbons (Fsp3) is 0.231. The number of hydrogen-bond donors (Lipinski definition) is 1. The summed E-state index contributed by atoms with van der Waals surface area (Å²) in [6.07, 6.45) is 4.50. The lowest BCUT2D eigenvalue weighted by molar-refractivity contribution is 0.0977. The second-order valence-electron chi connectivity index (χ2n) is 3.38. The number of rotatable bonds is 3. The van der Waals surface area contributed by atoms with E-state index in [1.165, 1.54) is 24.3 Å². The number of carbonyl (C=O) groups excluding carboxylic acids is 1. The first-order valence-electron chi connectivity index (χ1n) is 5.37. The molecule has 0 heterocycles. The third-order valence-electron chi connectivity index (χ3n) is 2.10. The molecule has 0 aromatic heterocycles. The smallest absolute Gasteiger partial charge is 0.256 e. The Morgan fingerprint density at radius 1 is 1.41 bits per heavy atom. The van der Waals surface area contributed by atoms with E-state index in [0.29, 0.717) is 11.4 Å². The van der Waals surface area contributed by atoms with Crippen molar-refractivity contribution in [1.82, 2.24) is 5.32 Å². The third-order valence-corrected chi connectivity index (χ3v) is 2.10. The molecule has 0 radical (unpaired) electrons. The van der Waals surface area contributed by atoms with Crippen LogP contribution in [0.4, 0.5) is 4.39 Å². The summed E-state index contributed by atoms with van der Waals surface area (Å²) in [7, 11) is 1.60. The van der Waals surface area contributed by atoms with E-state index >= 15 is 0 Å². The number of amides is 1. The van der Waals surface area contributed by atoms with Gasteiger partial charge >= 0.3 is 0 Å². The SMILES string of the molecule is CC/C=C\C(=NC)NC(=O)c1ccc(F)cc1. The highest BCUT2D eigenvalue weighted by Gasteiger charge is 2.06. The molecule has 0 unspecified atom stereocenters. The molecule has 0 saturated carbocycles. The monoisotopic (exact) mass is 234 g/mol. The molecule has 1 rings (SSSR count).